The Morgan fingerprint density at radius 2 is 2.00 bits per heavy atom. The molecule has 6 heteroatoms. The molecule has 0 atom stereocenters. The van der Waals surface area contributed by atoms with Gasteiger partial charge in [0, 0.05) is 24.7 Å². The molecule has 1 aliphatic carbocycles. The van der Waals surface area contributed by atoms with E-state index < -0.39 is 10.7 Å². The van der Waals surface area contributed by atoms with E-state index in [-0.39, 0.29) is 11.7 Å². The summed E-state index contributed by atoms with van der Waals surface area (Å²) in [6.07, 6.45) is 4.04. The van der Waals surface area contributed by atoms with Crippen LogP contribution < -0.4 is 5.73 Å². The molecule has 1 fully saturated rings. The van der Waals surface area contributed by atoms with Crippen molar-refractivity contribution in [3.63, 3.8) is 0 Å². The van der Waals surface area contributed by atoms with E-state index in [9.17, 15) is 14.5 Å². The van der Waals surface area contributed by atoms with E-state index in [1.165, 1.54) is 12.1 Å². The molecule has 0 amide bonds. The van der Waals surface area contributed by atoms with Crippen LogP contribution in [-0.2, 0) is 6.54 Å². The van der Waals surface area contributed by atoms with Crippen molar-refractivity contribution in [1.82, 2.24) is 4.90 Å². The van der Waals surface area contributed by atoms with Crippen LogP contribution in [0.5, 0.6) is 0 Å². The summed E-state index contributed by atoms with van der Waals surface area (Å²) in [6.45, 7) is 0.512. The fourth-order valence-corrected chi connectivity index (χ4v) is 2.79. The van der Waals surface area contributed by atoms with Gasteiger partial charge in [0.05, 0.1) is 11.0 Å². The standard InChI is InChI=1S/C14H20FN3O2/c1-17(13-4-2-12(16)3-5-13)9-10-6-11(15)8-14(7-10)18(19)20/h6-8,12-13H,2-5,9,16H2,1H3. The summed E-state index contributed by atoms with van der Waals surface area (Å²) >= 11 is 0. The maximum Gasteiger partial charge on any atom is 0.272 e. The highest BCUT2D eigenvalue weighted by Gasteiger charge is 2.22. The number of nitrogens with zero attached hydrogens (tertiary/aromatic N) is 2. The Kier molecular flexibility index (Phi) is 4.67. The maximum atomic E-state index is 13.4. The molecular weight excluding hydrogens is 261 g/mol. The maximum absolute atomic E-state index is 13.4. The molecule has 20 heavy (non-hydrogen) atoms. The van der Waals surface area contributed by atoms with E-state index in [1.54, 1.807) is 0 Å². The van der Waals surface area contributed by atoms with Gasteiger partial charge < -0.3 is 5.73 Å². The lowest BCUT2D eigenvalue weighted by Crippen LogP contribution is -2.38. The number of nitrogens with two attached hydrogens (primary N) is 1. The van der Waals surface area contributed by atoms with Crippen molar-refractivity contribution in [3.05, 3.63) is 39.7 Å². The first-order valence-corrected chi connectivity index (χ1v) is 6.85. The van der Waals surface area contributed by atoms with Crippen LogP contribution in [-0.4, -0.2) is 29.0 Å². The second-order valence-corrected chi connectivity index (χ2v) is 5.56. The van der Waals surface area contributed by atoms with Crippen molar-refractivity contribution in [2.45, 2.75) is 44.3 Å². The minimum Gasteiger partial charge on any atom is -0.328 e. The topological polar surface area (TPSA) is 72.4 Å². The largest absolute Gasteiger partial charge is 0.328 e. The lowest BCUT2D eigenvalue weighted by molar-refractivity contribution is -0.385. The SMILES string of the molecule is CN(Cc1cc(F)cc([N+](=O)[O-])c1)C1CCC(N)CC1. The summed E-state index contributed by atoms with van der Waals surface area (Å²) in [5.41, 5.74) is 6.32. The average molecular weight is 281 g/mol. The lowest BCUT2D eigenvalue weighted by Gasteiger charge is -2.33. The van der Waals surface area contributed by atoms with E-state index in [1.807, 2.05) is 7.05 Å². The molecule has 5 nitrogen and oxygen atoms in total. The molecule has 110 valence electrons. The first-order chi connectivity index (χ1) is 9.45. The highest BCUT2D eigenvalue weighted by molar-refractivity contribution is 5.35. The first-order valence-electron chi connectivity index (χ1n) is 6.85. The van der Waals surface area contributed by atoms with Crippen molar-refractivity contribution >= 4 is 5.69 Å². The molecular formula is C14H20FN3O2. The molecule has 1 aliphatic rings. The first kappa shape index (κ1) is 14.9. The summed E-state index contributed by atoms with van der Waals surface area (Å²) in [7, 11) is 1.97. The highest BCUT2D eigenvalue weighted by Crippen LogP contribution is 2.24. The van der Waals surface area contributed by atoms with Crippen LogP contribution in [0.1, 0.15) is 31.2 Å². The van der Waals surface area contributed by atoms with Crippen LogP contribution in [0.3, 0.4) is 0 Å². The molecule has 0 saturated heterocycles. The van der Waals surface area contributed by atoms with Crippen LogP contribution >= 0.6 is 0 Å². The van der Waals surface area contributed by atoms with Crippen molar-refractivity contribution in [3.8, 4) is 0 Å². The van der Waals surface area contributed by atoms with E-state index in [0.29, 0.717) is 18.2 Å². The molecule has 1 saturated carbocycles. The Morgan fingerprint density at radius 3 is 2.60 bits per heavy atom. The molecule has 2 rings (SSSR count). The molecule has 0 aromatic heterocycles. The third-order valence-corrected chi connectivity index (χ3v) is 3.95. The van der Waals surface area contributed by atoms with E-state index in [4.69, 9.17) is 5.73 Å². The fourth-order valence-electron chi connectivity index (χ4n) is 2.79. The van der Waals surface area contributed by atoms with Gasteiger partial charge >= 0.3 is 0 Å². The predicted octanol–water partition coefficient (Wildman–Crippen LogP) is 2.44. The van der Waals surface area contributed by atoms with Gasteiger partial charge in [-0.05, 0) is 44.4 Å². The van der Waals surface area contributed by atoms with Gasteiger partial charge in [0.2, 0.25) is 0 Å². The number of nitro groups is 1. The predicted molar refractivity (Wildman–Crippen MR) is 74.8 cm³/mol. The van der Waals surface area contributed by atoms with Crippen molar-refractivity contribution in [2.75, 3.05) is 7.05 Å². The zero-order valence-corrected chi connectivity index (χ0v) is 11.6. The minimum absolute atomic E-state index is 0.195. The average Bonchev–Trinajstić information content (AvgIpc) is 2.38. The second kappa shape index (κ2) is 6.28. The van der Waals surface area contributed by atoms with Gasteiger partial charge in [0.25, 0.3) is 5.69 Å². The summed E-state index contributed by atoms with van der Waals surface area (Å²) in [5, 5.41) is 10.7. The Labute approximate surface area is 117 Å². The Bertz CT molecular complexity index is 487. The number of hydrogen-bond acceptors (Lipinski definition) is 4. The zero-order chi connectivity index (χ0) is 14.7. The van der Waals surface area contributed by atoms with Crippen LogP contribution in [0.2, 0.25) is 0 Å². The number of hydrogen-bond donors (Lipinski definition) is 1. The molecule has 0 aliphatic heterocycles. The molecule has 0 heterocycles. The van der Waals surface area contributed by atoms with Gasteiger partial charge in [-0.25, -0.2) is 4.39 Å². The minimum atomic E-state index is -0.563. The van der Waals surface area contributed by atoms with Crippen molar-refractivity contribution in [2.24, 2.45) is 5.73 Å². The highest BCUT2D eigenvalue weighted by atomic mass is 19.1. The molecule has 2 N–H and O–H groups in total. The fraction of sp³-hybridized carbons (Fsp3) is 0.571. The third kappa shape index (κ3) is 3.74. The van der Waals surface area contributed by atoms with E-state index >= 15 is 0 Å². The van der Waals surface area contributed by atoms with E-state index in [0.717, 1.165) is 31.7 Å². The number of nitro benzene ring substituents is 1. The quantitative estimate of drug-likeness (QED) is 0.679. The van der Waals surface area contributed by atoms with Gasteiger partial charge in [0.15, 0.2) is 0 Å². The van der Waals surface area contributed by atoms with Gasteiger partial charge in [-0.1, -0.05) is 0 Å². The lowest BCUT2D eigenvalue weighted by atomic mass is 9.91. The molecule has 0 unspecified atom stereocenters. The van der Waals surface area contributed by atoms with Gasteiger partial charge in [0.1, 0.15) is 5.82 Å². The summed E-state index contributed by atoms with van der Waals surface area (Å²) in [6, 6.07) is 4.45. The van der Waals surface area contributed by atoms with Crippen molar-refractivity contribution in [1.29, 1.82) is 0 Å². The zero-order valence-electron chi connectivity index (χ0n) is 11.6. The molecule has 0 radical (unpaired) electrons. The number of benzene rings is 1. The van der Waals surface area contributed by atoms with Gasteiger partial charge in [-0.2, -0.15) is 0 Å². The van der Waals surface area contributed by atoms with Crippen LogP contribution in [0.4, 0.5) is 10.1 Å². The summed E-state index contributed by atoms with van der Waals surface area (Å²) in [4.78, 5) is 12.3. The van der Waals surface area contributed by atoms with Crippen molar-refractivity contribution < 1.29 is 9.31 Å². The third-order valence-electron chi connectivity index (χ3n) is 3.95. The number of non-ortho nitro benzene ring substituents is 1. The Morgan fingerprint density at radius 1 is 1.35 bits per heavy atom. The molecule has 0 spiro atoms. The number of rotatable bonds is 4. The van der Waals surface area contributed by atoms with Gasteiger partial charge in [-0.3, -0.25) is 15.0 Å². The summed E-state index contributed by atoms with van der Waals surface area (Å²) < 4.78 is 13.4. The number of halogens is 1. The van der Waals surface area contributed by atoms with Gasteiger partial charge in [-0.15, -0.1) is 0 Å². The van der Waals surface area contributed by atoms with Crippen LogP contribution in [0.15, 0.2) is 18.2 Å². The monoisotopic (exact) mass is 281 g/mol. The Balaban J connectivity index is 2.03. The Hall–Kier alpha value is -1.53. The molecule has 1 aromatic rings. The van der Waals surface area contributed by atoms with Crippen LogP contribution in [0, 0.1) is 15.9 Å². The summed E-state index contributed by atoms with van der Waals surface area (Å²) in [5.74, 6) is -0.562. The second-order valence-electron chi connectivity index (χ2n) is 5.56. The van der Waals surface area contributed by atoms with E-state index in [2.05, 4.69) is 4.90 Å². The smallest absolute Gasteiger partial charge is 0.272 e. The molecule has 1 aromatic carbocycles. The van der Waals surface area contributed by atoms with Crippen LogP contribution in [0.25, 0.3) is 0 Å². The molecule has 0 bridgehead atoms. The normalized spacial score (nSPS) is 23.0.